The molecule has 0 atom stereocenters. The lowest BCUT2D eigenvalue weighted by atomic mass is 10.1. The van der Waals surface area contributed by atoms with Crippen molar-refractivity contribution in [1.82, 2.24) is 0 Å². The molecule has 2 heteroatoms. The van der Waals surface area contributed by atoms with Gasteiger partial charge in [-0.25, -0.2) is 4.39 Å². The van der Waals surface area contributed by atoms with E-state index in [1.54, 1.807) is 6.07 Å². The van der Waals surface area contributed by atoms with Crippen molar-refractivity contribution in [2.24, 2.45) is 0 Å². The van der Waals surface area contributed by atoms with Gasteiger partial charge in [0.25, 0.3) is 0 Å². The minimum absolute atomic E-state index is 0.212. The highest BCUT2D eigenvalue weighted by molar-refractivity contribution is 9.10. The van der Waals surface area contributed by atoms with Crippen LogP contribution in [0.25, 0.3) is 10.8 Å². The molecule has 0 amide bonds. The molecule has 0 heterocycles. The summed E-state index contributed by atoms with van der Waals surface area (Å²) in [4.78, 5) is 0. The fourth-order valence-corrected chi connectivity index (χ4v) is 1.57. The number of hydrogen-bond donors (Lipinski definition) is 0. The molecule has 0 spiro atoms. The Hall–Kier alpha value is -0.890. The zero-order valence-electron chi connectivity index (χ0n) is 6.14. The van der Waals surface area contributed by atoms with Gasteiger partial charge >= 0.3 is 0 Å². The van der Waals surface area contributed by atoms with Gasteiger partial charge in [-0.2, -0.15) is 0 Å². The highest BCUT2D eigenvalue weighted by Gasteiger charge is 2.00. The second-order valence-electron chi connectivity index (χ2n) is 2.51. The van der Waals surface area contributed by atoms with Crippen molar-refractivity contribution >= 4 is 26.7 Å². The van der Waals surface area contributed by atoms with Crippen molar-refractivity contribution in [3.63, 3.8) is 0 Å². The molecule has 2 rings (SSSR count). The first-order valence-corrected chi connectivity index (χ1v) is 4.33. The number of hydrogen-bond acceptors (Lipinski definition) is 0. The second-order valence-corrected chi connectivity index (χ2v) is 3.37. The number of rotatable bonds is 0. The average Bonchev–Trinajstić information content (AvgIpc) is 2.04. The van der Waals surface area contributed by atoms with E-state index in [0.717, 1.165) is 5.39 Å². The predicted octanol–water partition coefficient (Wildman–Crippen LogP) is 3.54. The molecule has 59 valence electrons. The summed E-state index contributed by atoms with van der Waals surface area (Å²) in [6.45, 7) is 0. The van der Waals surface area contributed by atoms with Crippen LogP contribution in [0.3, 0.4) is 0 Å². The molecule has 0 aliphatic carbocycles. The minimum Gasteiger partial charge on any atom is -0.206 e. The van der Waals surface area contributed by atoms with Crippen LogP contribution in [-0.4, -0.2) is 0 Å². The summed E-state index contributed by atoms with van der Waals surface area (Å²) < 4.78 is 13.8. The van der Waals surface area contributed by atoms with Gasteiger partial charge in [0.15, 0.2) is 0 Å². The summed E-state index contributed by atoms with van der Waals surface area (Å²) in [5.74, 6) is -0.212. The van der Waals surface area contributed by atoms with E-state index in [9.17, 15) is 4.39 Å². The van der Waals surface area contributed by atoms with Gasteiger partial charge in [0.05, 0.1) is 0 Å². The fourth-order valence-electron chi connectivity index (χ4n) is 1.15. The molecule has 0 N–H and O–H groups in total. The summed E-state index contributed by atoms with van der Waals surface area (Å²) in [6, 6.07) is 11.7. The topological polar surface area (TPSA) is 0 Å². The van der Waals surface area contributed by atoms with Gasteiger partial charge in [-0.1, -0.05) is 40.2 Å². The Kier molecular flexibility index (Phi) is 1.85. The Morgan fingerprint density at radius 3 is 2.83 bits per heavy atom. The average molecular weight is 224 g/mol. The molecule has 0 nitrogen and oxygen atoms in total. The SMILES string of the molecule is Fc1cc(Br)[c]c2ccccc12. The molecule has 0 saturated carbocycles. The van der Waals surface area contributed by atoms with E-state index in [1.165, 1.54) is 6.07 Å². The second kappa shape index (κ2) is 2.87. The third-order valence-corrected chi connectivity index (χ3v) is 2.12. The van der Waals surface area contributed by atoms with E-state index >= 15 is 0 Å². The smallest absolute Gasteiger partial charge is 0.132 e. The van der Waals surface area contributed by atoms with Gasteiger partial charge in [0, 0.05) is 15.9 Å². The van der Waals surface area contributed by atoms with E-state index in [-0.39, 0.29) is 5.82 Å². The van der Waals surface area contributed by atoms with Crippen LogP contribution in [0, 0.1) is 11.9 Å². The Morgan fingerprint density at radius 2 is 2.00 bits per heavy atom. The Balaban J connectivity index is 2.89. The lowest BCUT2D eigenvalue weighted by Gasteiger charge is -1.98. The minimum atomic E-state index is -0.212. The first-order chi connectivity index (χ1) is 5.77. The Morgan fingerprint density at radius 1 is 1.25 bits per heavy atom. The number of fused-ring (bicyclic) bond motifs is 1. The summed E-state index contributed by atoms with van der Waals surface area (Å²) in [6.07, 6.45) is 0. The van der Waals surface area contributed by atoms with E-state index in [2.05, 4.69) is 22.0 Å². The maximum absolute atomic E-state index is 13.2. The largest absolute Gasteiger partial charge is 0.206 e. The van der Waals surface area contributed by atoms with Gasteiger partial charge in [-0.15, -0.1) is 0 Å². The van der Waals surface area contributed by atoms with Crippen molar-refractivity contribution in [3.05, 3.63) is 46.7 Å². The summed E-state index contributed by atoms with van der Waals surface area (Å²) in [5.41, 5.74) is 0. The molecule has 0 aliphatic rings. The molecule has 0 saturated heterocycles. The van der Waals surface area contributed by atoms with Gasteiger partial charge in [-0.05, 0) is 11.5 Å². The van der Waals surface area contributed by atoms with Crippen LogP contribution in [-0.2, 0) is 0 Å². The molecule has 2 aromatic carbocycles. The first kappa shape index (κ1) is 7.74. The quantitative estimate of drug-likeness (QED) is 0.641. The molecule has 0 fully saturated rings. The Labute approximate surface area is 78.1 Å². The number of halogens is 2. The van der Waals surface area contributed by atoms with Crippen molar-refractivity contribution < 1.29 is 4.39 Å². The highest BCUT2D eigenvalue weighted by atomic mass is 79.9. The predicted molar refractivity (Wildman–Crippen MR) is 50.4 cm³/mol. The fraction of sp³-hybridized carbons (Fsp3) is 0. The van der Waals surface area contributed by atoms with E-state index in [0.29, 0.717) is 9.86 Å². The van der Waals surface area contributed by atoms with Crippen molar-refractivity contribution in [1.29, 1.82) is 0 Å². The molecule has 0 unspecified atom stereocenters. The summed E-state index contributed by atoms with van der Waals surface area (Å²) >= 11 is 3.19. The van der Waals surface area contributed by atoms with Crippen LogP contribution in [0.5, 0.6) is 0 Å². The van der Waals surface area contributed by atoms with Gasteiger partial charge in [0.1, 0.15) is 5.82 Å². The molecular weight excluding hydrogens is 219 g/mol. The molecule has 1 radical (unpaired) electrons. The molecule has 0 aromatic heterocycles. The summed E-state index contributed by atoms with van der Waals surface area (Å²) in [7, 11) is 0. The van der Waals surface area contributed by atoms with Gasteiger partial charge < -0.3 is 0 Å². The molecule has 2 aromatic rings. The normalized spacial score (nSPS) is 10.5. The Bertz CT molecular complexity index is 423. The lowest BCUT2D eigenvalue weighted by molar-refractivity contribution is 0.639. The van der Waals surface area contributed by atoms with Gasteiger partial charge in [-0.3, -0.25) is 0 Å². The van der Waals surface area contributed by atoms with Crippen molar-refractivity contribution in [2.75, 3.05) is 0 Å². The maximum atomic E-state index is 13.2. The van der Waals surface area contributed by atoms with Crippen LogP contribution in [0.15, 0.2) is 34.8 Å². The highest BCUT2D eigenvalue weighted by Crippen LogP contribution is 2.21. The van der Waals surface area contributed by atoms with E-state index in [4.69, 9.17) is 0 Å². The van der Waals surface area contributed by atoms with Crippen LogP contribution < -0.4 is 0 Å². The standard InChI is InChI=1S/C10H5BrF/c11-8-5-7-3-1-2-4-9(7)10(12)6-8/h1-4,6H. The maximum Gasteiger partial charge on any atom is 0.132 e. The van der Waals surface area contributed by atoms with E-state index in [1.807, 2.05) is 18.2 Å². The third-order valence-electron chi connectivity index (χ3n) is 1.69. The van der Waals surface area contributed by atoms with Crippen LogP contribution in [0.4, 0.5) is 4.39 Å². The van der Waals surface area contributed by atoms with Crippen molar-refractivity contribution in [2.45, 2.75) is 0 Å². The van der Waals surface area contributed by atoms with Crippen LogP contribution in [0.1, 0.15) is 0 Å². The monoisotopic (exact) mass is 223 g/mol. The molecular formula is C10H5BrF. The molecule has 12 heavy (non-hydrogen) atoms. The third kappa shape index (κ3) is 1.23. The first-order valence-electron chi connectivity index (χ1n) is 3.53. The van der Waals surface area contributed by atoms with Crippen LogP contribution in [0.2, 0.25) is 0 Å². The van der Waals surface area contributed by atoms with Gasteiger partial charge in [0.2, 0.25) is 0 Å². The molecule has 0 bridgehead atoms. The zero-order valence-corrected chi connectivity index (χ0v) is 7.73. The van der Waals surface area contributed by atoms with E-state index < -0.39 is 0 Å². The zero-order chi connectivity index (χ0) is 8.55. The number of benzene rings is 2. The van der Waals surface area contributed by atoms with Crippen molar-refractivity contribution in [3.8, 4) is 0 Å². The molecule has 0 aliphatic heterocycles. The summed E-state index contributed by atoms with van der Waals surface area (Å²) in [5, 5.41) is 1.41. The lowest BCUT2D eigenvalue weighted by Crippen LogP contribution is -1.79. The van der Waals surface area contributed by atoms with Crippen LogP contribution >= 0.6 is 15.9 Å².